The van der Waals surface area contributed by atoms with Crippen molar-refractivity contribution in [3.8, 4) is 11.5 Å². The molecule has 0 radical (unpaired) electrons. The number of amides is 2. The second-order valence-electron chi connectivity index (χ2n) is 14.3. The second kappa shape index (κ2) is 9.65. The number of carbonyl (C=O) groups excluding carboxylic acids is 2. The summed E-state index contributed by atoms with van der Waals surface area (Å²) < 4.78 is 6.97. The Bertz CT molecular complexity index is 1690. The fourth-order valence-corrected chi connectivity index (χ4v) is 7.53. The predicted molar refractivity (Wildman–Crippen MR) is 174 cm³/mol. The number of benzene rings is 4. The summed E-state index contributed by atoms with van der Waals surface area (Å²) in [5.74, 6) is -0.0132. The Labute approximate surface area is 262 Å². The Morgan fingerprint density at radius 3 is 1.42 bits per heavy atom. The SMILES string of the molecule is CC(C)(C)c1ccc2c(c1)[C@H]1c3ccc(C(C)(C)C)cc3[C@H]2[C@@H]2C(=O)N(c3ccc(Oc4ccc(Br)cc4)cc3)C(=O)[C@H]12. The van der Waals surface area contributed by atoms with Crippen LogP contribution in [-0.4, -0.2) is 11.8 Å². The van der Waals surface area contributed by atoms with Gasteiger partial charge in [-0.25, -0.2) is 4.90 Å². The van der Waals surface area contributed by atoms with Crippen molar-refractivity contribution in [2.24, 2.45) is 11.8 Å². The Balaban J connectivity index is 1.30. The van der Waals surface area contributed by atoms with E-state index in [4.69, 9.17) is 4.74 Å². The molecule has 4 aliphatic rings. The minimum atomic E-state index is -0.424. The van der Waals surface area contributed by atoms with E-state index in [9.17, 15) is 9.59 Å². The highest BCUT2D eigenvalue weighted by Gasteiger charge is 2.62. The lowest BCUT2D eigenvalue weighted by atomic mass is 9.54. The molecule has 3 aliphatic carbocycles. The normalized spacial score (nSPS) is 22.3. The number of hydrogen-bond donors (Lipinski definition) is 0. The summed E-state index contributed by atoms with van der Waals surface area (Å²) in [4.78, 5) is 30.1. The van der Waals surface area contributed by atoms with Gasteiger partial charge in [-0.2, -0.15) is 0 Å². The fourth-order valence-electron chi connectivity index (χ4n) is 7.27. The van der Waals surface area contributed by atoms with Crippen molar-refractivity contribution in [2.75, 3.05) is 4.90 Å². The molecule has 1 heterocycles. The smallest absolute Gasteiger partial charge is 0.238 e. The van der Waals surface area contributed by atoms with E-state index in [1.165, 1.54) is 38.3 Å². The monoisotopic (exact) mass is 633 g/mol. The highest BCUT2D eigenvalue weighted by molar-refractivity contribution is 9.10. The molecule has 218 valence electrons. The largest absolute Gasteiger partial charge is 0.457 e. The molecule has 1 saturated heterocycles. The van der Waals surface area contributed by atoms with Crippen LogP contribution in [0.3, 0.4) is 0 Å². The van der Waals surface area contributed by atoms with Gasteiger partial charge in [-0.3, -0.25) is 9.59 Å². The van der Waals surface area contributed by atoms with Gasteiger partial charge in [0.05, 0.1) is 17.5 Å². The van der Waals surface area contributed by atoms with Crippen LogP contribution < -0.4 is 9.64 Å². The zero-order chi connectivity index (χ0) is 30.4. The van der Waals surface area contributed by atoms with E-state index >= 15 is 0 Å². The van der Waals surface area contributed by atoms with E-state index in [1.54, 1.807) is 0 Å². The Hall–Kier alpha value is -3.70. The van der Waals surface area contributed by atoms with E-state index < -0.39 is 11.8 Å². The maximum Gasteiger partial charge on any atom is 0.238 e. The molecule has 0 aromatic heterocycles. The number of ether oxygens (including phenoxy) is 1. The van der Waals surface area contributed by atoms with Gasteiger partial charge in [0, 0.05) is 16.3 Å². The molecule has 1 fully saturated rings. The number of hydrogen-bond acceptors (Lipinski definition) is 3. The third-order valence-electron chi connectivity index (χ3n) is 9.51. The topological polar surface area (TPSA) is 46.6 Å². The summed E-state index contributed by atoms with van der Waals surface area (Å²) in [7, 11) is 0. The molecular formula is C38H36BrNO3. The van der Waals surface area contributed by atoms with Crippen LogP contribution in [0.4, 0.5) is 5.69 Å². The van der Waals surface area contributed by atoms with Gasteiger partial charge < -0.3 is 4.74 Å². The maximum absolute atomic E-state index is 14.3. The average Bonchev–Trinajstić information content (AvgIpc) is 3.23. The summed E-state index contributed by atoms with van der Waals surface area (Å²) in [5.41, 5.74) is 7.84. The number of imide groups is 1. The van der Waals surface area contributed by atoms with Crippen LogP contribution in [0.15, 0.2) is 89.4 Å². The van der Waals surface area contributed by atoms with Crippen molar-refractivity contribution in [3.05, 3.63) is 123 Å². The molecule has 8 rings (SSSR count). The number of halogens is 1. The number of carbonyl (C=O) groups is 2. The zero-order valence-electron chi connectivity index (χ0n) is 25.4. The van der Waals surface area contributed by atoms with Crippen LogP contribution in [0, 0.1) is 11.8 Å². The van der Waals surface area contributed by atoms with Gasteiger partial charge in [0.15, 0.2) is 0 Å². The highest BCUT2D eigenvalue weighted by atomic mass is 79.9. The number of nitrogens with zero attached hydrogens (tertiary/aromatic N) is 1. The first kappa shape index (κ1) is 28.1. The third kappa shape index (κ3) is 4.47. The van der Waals surface area contributed by atoms with Gasteiger partial charge in [0.1, 0.15) is 11.5 Å². The second-order valence-corrected chi connectivity index (χ2v) is 15.2. The molecule has 0 N–H and O–H groups in total. The average molecular weight is 635 g/mol. The van der Waals surface area contributed by atoms with Crippen LogP contribution in [0.1, 0.15) is 86.8 Å². The van der Waals surface area contributed by atoms with Crippen LogP contribution in [0.25, 0.3) is 0 Å². The molecule has 1 aliphatic heterocycles. The van der Waals surface area contributed by atoms with Crippen molar-refractivity contribution in [3.63, 3.8) is 0 Å². The van der Waals surface area contributed by atoms with Crippen LogP contribution >= 0.6 is 15.9 Å². The summed E-state index contributed by atoms with van der Waals surface area (Å²) in [6, 6.07) is 28.4. The fraction of sp³-hybridized carbons (Fsp3) is 0.316. The zero-order valence-corrected chi connectivity index (χ0v) is 27.0. The minimum absolute atomic E-state index is 0.0222. The van der Waals surface area contributed by atoms with Crippen LogP contribution in [0.5, 0.6) is 11.5 Å². The van der Waals surface area contributed by atoms with Crippen LogP contribution in [0.2, 0.25) is 0 Å². The lowest BCUT2D eigenvalue weighted by Gasteiger charge is -2.47. The highest BCUT2D eigenvalue weighted by Crippen LogP contribution is 2.62. The van der Waals surface area contributed by atoms with Gasteiger partial charge in [0.25, 0.3) is 0 Å². The predicted octanol–water partition coefficient (Wildman–Crippen LogP) is 9.23. The van der Waals surface area contributed by atoms with Gasteiger partial charge in [-0.05, 0) is 92.7 Å². The maximum atomic E-state index is 14.3. The summed E-state index contributed by atoms with van der Waals surface area (Å²) in [6.07, 6.45) is 0. The molecule has 4 atom stereocenters. The van der Waals surface area contributed by atoms with Gasteiger partial charge in [-0.1, -0.05) is 93.9 Å². The minimum Gasteiger partial charge on any atom is -0.457 e. The summed E-state index contributed by atoms with van der Waals surface area (Å²) in [6.45, 7) is 13.3. The molecule has 43 heavy (non-hydrogen) atoms. The first-order chi connectivity index (χ1) is 20.3. The van der Waals surface area contributed by atoms with E-state index in [1.807, 2.05) is 48.5 Å². The van der Waals surface area contributed by atoms with Gasteiger partial charge in [-0.15, -0.1) is 0 Å². The van der Waals surface area contributed by atoms with Crippen molar-refractivity contribution in [1.29, 1.82) is 0 Å². The Morgan fingerprint density at radius 2 is 1.00 bits per heavy atom. The van der Waals surface area contributed by atoms with Crippen molar-refractivity contribution >= 4 is 33.4 Å². The first-order valence-corrected chi connectivity index (χ1v) is 15.8. The van der Waals surface area contributed by atoms with E-state index in [0.717, 1.165) is 4.47 Å². The quantitative estimate of drug-likeness (QED) is 0.211. The molecule has 4 aromatic rings. The van der Waals surface area contributed by atoms with Crippen molar-refractivity contribution < 1.29 is 14.3 Å². The first-order valence-electron chi connectivity index (χ1n) is 15.0. The molecule has 2 bridgehead atoms. The molecule has 0 spiro atoms. The summed E-state index contributed by atoms with van der Waals surface area (Å²) >= 11 is 3.45. The number of rotatable bonds is 3. The molecule has 0 unspecified atom stereocenters. The number of anilines is 1. The standard InChI is InChI=1S/C38H36BrNO3/c1-37(2,3)21-7-17-27-29(19-21)31-28-18-8-22(38(4,5)6)20-30(28)32(27)34-33(31)35(41)40(36(34)42)24-11-15-26(16-12-24)43-25-13-9-23(39)10-14-25/h7-20,31-34H,1-6H3/t31-,32+,33-,34+. The lowest BCUT2D eigenvalue weighted by molar-refractivity contribution is -0.122. The molecule has 4 nitrogen and oxygen atoms in total. The summed E-state index contributed by atoms with van der Waals surface area (Å²) in [5, 5.41) is 0. The van der Waals surface area contributed by atoms with Gasteiger partial charge in [0.2, 0.25) is 11.8 Å². The van der Waals surface area contributed by atoms with E-state index in [0.29, 0.717) is 17.2 Å². The third-order valence-corrected chi connectivity index (χ3v) is 10.0. The van der Waals surface area contributed by atoms with Crippen molar-refractivity contribution in [2.45, 2.75) is 64.2 Å². The Kier molecular flexibility index (Phi) is 6.31. The van der Waals surface area contributed by atoms with E-state index in [2.05, 4.69) is 93.9 Å². The molecule has 0 saturated carbocycles. The van der Waals surface area contributed by atoms with Gasteiger partial charge >= 0.3 is 0 Å². The molecule has 4 aromatic carbocycles. The van der Waals surface area contributed by atoms with Crippen LogP contribution in [-0.2, 0) is 20.4 Å². The molecular weight excluding hydrogens is 598 g/mol. The molecule has 5 heteroatoms. The van der Waals surface area contributed by atoms with Crippen molar-refractivity contribution in [1.82, 2.24) is 0 Å². The lowest BCUT2D eigenvalue weighted by Crippen LogP contribution is -2.42. The molecule has 2 amide bonds. The van der Waals surface area contributed by atoms with E-state index in [-0.39, 0.29) is 34.5 Å². The Morgan fingerprint density at radius 1 is 0.581 bits per heavy atom.